The van der Waals surface area contributed by atoms with Crippen LogP contribution in [0, 0.1) is 0 Å². The maximum atomic E-state index is 12.2. The molecular formula is C13H17NO2. The molecular weight excluding hydrogens is 202 g/mol. The Bertz CT molecular complexity index is 363. The van der Waals surface area contributed by atoms with Gasteiger partial charge in [0.15, 0.2) is 0 Å². The molecule has 86 valence electrons. The highest BCUT2D eigenvalue weighted by molar-refractivity contribution is 5.83. The zero-order chi connectivity index (χ0) is 11.5. The summed E-state index contributed by atoms with van der Waals surface area (Å²) in [5.74, 6) is 0.0322. The van der Waals surface area contributed by atoms with Gasteiger partial charge in [-0.05, 0) is 25.3 Å². The minimum atomic E-state index is -0.0441. The number of amides is 1. The maximum absolute atomic E-state index is 12.2. The number of rotatable bonds is 2. The van der Waals surface area contributed by atoms with Crippen molar-refractivity contribution >= 4 is 5.91 Å². The smallest absolute Gasteiger partial charge is 0.253 e. The van der Waals surface area contributed by atoms with Crippen molar-refractivity contribution in [1.29, 1.82) is 0 Å². The van der Waals surface area contributed by atoms with Crippen LogP contribution in [0.5, 0.6) is 0 Å². The van der Waals surface area contributed by atoms with Gasteiger partial charge in [-0.1, -0.05) is 30.3 Å². The van der Waals surface area contributed by atoms with Gasteiger partial charge in [0.05, 0.1) is 19.1 Å². The number of hydrogen-bond acceptors (Lipinski definition) is 2. The fourth-order valence-corrected chi connectivity index (χ4v) is 2.28. The normalized spacial score (nSPS) is 25.9. The zero-order valence-electron chi connectivity index (χ0n) is 9.72. The maximum Gasteiger partial charge on any atom is 0.253 e. The van der Waals surface area contributed by atoms with Crippen LogP contribution in [-0.4, -0.2) is 24.1 Å². The van der Waals surface area contributed by atoms with E-state index in [-0.39, 0.29) is 17.9 Å². The van der Waals surface area contributed by atoms with Crippen LogP contribution in [-0.2, 0) is 9.63 Å². The molecule has 16 heavy (non-hydrogen) atoms. The molecule has 1 aliphatic rings. The molecule has 3 nitrogen and oxygen atoms in total. The van der Waals surface area contributed by atoms with Crippen molar-refractivity contribution in [3.05, 3.63) is 35.9 Å². The number of carbonyl (C=O) groups is 1. The highest BCUT2D eigenvalue weighted by Gasteiger charge is 2.34. The summed E-state index contributed by atoms with van der Waals surface area (Å²) < 4.78 is 0. The van der Waals surface area contributed by atoms with Crippen LogP contribution in [0.1, 0.15) is 31.2 Å². The van der Waals surface area contributed by atoms with Crippen molar-refractivity contribution in [1.82, 2.24) is 5.06 Å². The predicted molar refractivity (Wildman–Crippen MR) is 61.7 cm³/mol. The molecule has 0 bridgehead atoms. The van der Waals surface area contributed by atoms with Crippen molar-refractivity contribution in [3.63, 3.8) is 0 Å². The fourth-order valence-electron chi connectivity index (χ4n) is 2.28. The number of carbonyl (C=O) groups excluding carboxylic acids is 1. The fraction of sp³-hybridized carbons (Fsp3) is 0.462. The summed E-state index contributed by atoms with van der Waals surface area (Å²) >= 11 is 0. The van der Waals surface area contributed by atoms with Crippen LogP contribution < -0.4 is 0 Å². The Balaban J connectivity index is 2.21. The largest absolute Gasteiger partial charge is 0.274 e. The molecule has 1 aromatic carbocycles. The SMILES string of the molecule is CON1C(=O)C(c2ccccc2)CCC1C. The third kappa shape index (κ3) is 1.95. The second-order valence-electron chi connectivity index (χ2n) is 4.24. The van der Waals surface area contributed by atoms with Gasteiger partial charge >= 0.3 is 0 Å². The molecule has 1 aliphatic heterocycles. The summed E-state index contributed by atoms with van der Waals surface area (Å²) in [6.45, 7) is 2.02. The van der Waals surface area contributed by atoms with E-state index in [0.29, 0.717) is 0 Å². The van der Waals surface area contributed by atoms with Gasteiger partial charge in [-0.15, -0.1) is 0 Å². The Labute approximate surface area is 96.0 Å². The van der Waals surface area contributed by atoms with Crippen LogP contribution in [0.4, 0.5) is 0 Å². The number of hydroxylamine groups is 2. The molecule has 1 saturated heterocycles. The summed E-state index contributed by atoms with van der Waals surface area (Å²) in [5.41, 5.74) is 1.08. The average molecular weight is 219 g/mol. The van der Waals surface area contributed by atoms with E-state index in [1.54, 1.807) is 7.11 Å². The molecule has 0 saturated carbocycles. The molecule has 0 spiro atoms. The lowest BCUT2D eigenvalue weighted by atomic mass is 9.88. The molecule has 1 aromatic rings. The predicted octanol–water partition coefficient (Wildman–Crippen LogP) is 2.34. The third-order valence-electron chi connectivity index (χ3n) is 3.19. The molecule has 0 N–H and O–H groups in total. The van der Waals surface area contributed by atoms with E-state index in [4.69, 9.17) is 4.84 Å². The Morgan fingerprint density at radius 1 is 1.25 bits per heavy atom. The quantitative estimate of drug-likeness (QED) is 0.764. The average Bonchev–Trinajstić information content (AvgIpc) is 2.31. The summed E-state index contributed by atoms with van der Waals surface area (Å²) in [6, 6.07) is 10.1. The zero-order valence-corrected chi connectivity index (χ0v) is 9.72. The van der Waals surface area contributed by atoms with Gasteiger partial charge < -0.3 is 0 Å². The van der Waals surface area contributed by atoms with Crippen LogP contribution >= 0.6 is 0 Å². The van der Waals surface area contributed by atoms with Gasteiger partial charge in [0.2, 0.25) is 0 Å². The van der Waals surface area contributed by atoms with Crippen LogP contribution in [0.15, 0.2) is 30.3 Å². The summed E-state index contributed by atoms with van der Waals surface area (Å²) in [6.07, 6.45) is 1.89. The van der Waals surface area contributed by atoms with Gasteiger partial charge in [-0.25, -0.2) is 5.06 Å². The Kier molecular flexibility index (Phi) is 3.25. The monoisotopic (exact) mass is 219 g/mol. The minimum absolute atomic E-state index is 0.0441. The lowest BCUT2D eigenvalue weighted by Gasteiger charge is -2.35. The lowest BCUT2D eigenvalue weighted by molar-refractivity contribution is -0.195. The van der Waals surface area contributed by atoms with E-state index in [2.05, 4.69) is 0 Å². The molecule has 2 rings (SSSR count). The van der Waals surface area contributed by atoms with Gasteiger partial charge in [0.25, 0.3) is 5.91 Å². The Morgan fingerprint density at radius 2 is 1.94 bits per heavy atom. The molecule has 0 radical (unpaired) electrons. The second kappa shape index (κ2) is 4.66. The van der Waals surface area contributed by atoms with Crippen LogP contribution in [0.3, 0.4) is 0 Å². The minimum Gasteiger partial charge on any atom is -0.274 e. The van der Waals surface area contributed by atoms with Gasteiger partial charge in [0.1, 0.15) is 0 Å². The Hall–Kier alpha value is -1.35. The molecule has 1 fully saturated rings. The van der Waals surface area contributed by atoms with E-state index in [0.717, 1.165) is 18.4 Å². The van der Waals surface area contributed by atoms with Crippen LogP contribution in [0.2, 0.25) is 0 Å². The number of benzene rings is 1. The van der Waals surface area contributed by atoms with E-state index in [9.17, 15) is 4.79 Å². The topological polar surface area (TPSA) is 29.5 Å². The molecule has 1 amide bonds. The van der Waals surface area contributed by atoms with Crippen molar-refractivity contribution in [2.24, 2.45) is 0 Å². The van der Waals surface area contributed by atoms with Crippen molar-refractivity contribution in [2.75, 3.05) is 7.11 Å². The number of piperidine rings is 1. The summed E-state index contributed by atoms with van der Waals surface area (Å²) in [5, 5.41) is 1.50. The first-order valence-electron chi connectivity index (χ1n) is 5.66. The third-order valence-corrected chi connectivity index (χ3v) is 3.19. The molecule has 0 aromatic heterocycles. The Morgan fingerprint density at radius 3 is 2.56 bits per heavy atom. The van der Waals surface area contributed by atoms with Gasteiger partial charge in [-0.2, -0.15) is 0 Å². The van der Waals surface area contributed by atoms with Crippen LogP contribution in [0.25, 0.3) is 0 Å². The van der Waals surface area contributed by atoms with Crippen molar-refractivity contribution in [3.8, 4) is 0 Å². The van der Waals surface area contributed by atoms with Gasteiger partial charge in [0, 0.05) is 0 Å². The molecule has 2 unspecified atom stereocenters. The lowest BCUT2D eigenvalue weighted by Crippen LogP contribution is -2.44. The number of nitrogens with zero attached hydrogens (tertiary/aromatic N) is 1. The van der Waals surface area contributed by atoms with E-state index in [1.165, 1.54) is 5.06 Å². The van der Waals surface area contributed by atoms with Crippen molar-refractivity contribution in [2.45, 2.75) is 31.7 Å². The summed E-state index contributed by atoms with van der Waals surface area (Å²) in [4.78, 5) is 17.3. The standard InChI is InChI=1S/C13H17NO2/c1-10-8-9-12(13(15)14(10)16-2)11-6-4-3-5-7-11/h3-7,10,12H,8-9H2,1-2H3. The second-order valence-corrected chi connectivity index (χ2v) is 4.24. The first kappa shape index (κ1) is 11.1. The highest BCUT2D eigenvalue weighted by Crippen LogP contribution is 2.30. The molecule has 3 heteroatoms. The van der Waals surface area contributed by atoms with Crippen molar-refractivity contribution < 1.29 is 9.63 Å². The summed E-state index contributed by atoms with van der Waals surface area (Å²) in [7, 11) is 1.56. The first-order valence-corrected chi connectivity index (χ1v) is 5.66. The van der Waals surface area contributed by atoms with E-state index < -0.39 is 0 Å². The van der Waals surface area contributed by atoms with E-state index >= 15 is 0 Å². The van der Waals surface area contributed by atoms with E-state index in [1.807, 2.05) is 37.3 Å². The number of hydrogen-bond donors (Lipinski definition) is 0. The first-order chi connectivity index (χ1) is 7.74. The molecule has 0 aliphatic carbocycles. The highest BCUT2D eigenvalue weighted by atomic mass is 16.7. The molecule has 1 heterocycles. The van der Waals surface area contributed by atoms with Gasteiger partial charge in [-0.3, -0.25) is 9.63 Å². The molecule has 2 atom stereocenters.